The number of carbonyl (C=O) groups excluding carboxylic acids is 2. The van der Waals surface area contributed by atoms with Gasteiger partial charge in [0.05, 0.1) is 13.0 Å². The summed E-state index contributed by atoms with van der Waals surface area (Å²) in [7, 11) is 0. The first kappa shape index (κ1) is 17.4. The van der Waals surface area contributed by atoms with Gasteiger partial charge in [-0.3, -0.25) is 9.59 Å². The minimum absolute atomic E-state index is 0.00932. The molecule has 0 aliphatic rings. The van der Waals surface area contributed by atoms with Gasteiger partial charge in [-0.05, 0) is 12.0 Å². The summed E-state index contributed by atoms with van der Waals surface area (Å²) < 4.78 is 10.1. The fraction of sp³-hybridized carbons (Fsp3) is 0.833. The van der Waals surface area contributed by atoms with Crippen molar-refractivity contribution in [3.05, 3.63) is 10.4 Å². The molecule has 0 aliphatic carbocycles. The largest absolute Gasteiger partial charge is 0.463 e. The molecule has 0 spiro atoms. The first-order valence-electron chi connectivity index (χ1n) is 6.42. The molecule has 0 N–H and O–H groups in total. The van der Waals surface area contributed by atoms with Gasteiger partial charge in [-0.1, -0.05) is 19.0 Å². The highest BCUT2D eigenvalue weighted by Crippen LogP contribution is 2.09. The molecule has 0 saturated heterocycles. The molecule has 0 saturated carbocycles. The van der Waals surface area contributed by atoms with Crippen LogP contribution in [-0.2, 0) is 19.1 Å². The third-order valence-corrected chi connectivity index (χ3v) is 2.42. The van der Waals surface area contributed by atoms with Crippen molar-refractivity contribution in [3.8, 4) is 0 Å². The number of hydrogen-bond donors (Lipinski definition) is 0. The average molecular weight is 271 g/mol. The van der Waals surface area contributed by atoms with E-state index in [4.69, 9.17) is 15.0 Å². The molecule has 0 heterocycles. The summed E-state index contributed by atoms with van der Waals surface area (Å²) in [5.41, 5.74) is 8.24. The highest BCUT2D eigenvalue weighted by molar-refractivity contribution is 5.85. The van der Waals surface area contributed by atoms with Crippen LogP contribution in [0.5, 0.6) is 0 Å². The van der Waals surface area contributed by atoms with Crippen molar-refractivity contribution in [2.75, 3.05) is 26.4 Å². The van der Waals surface area contributed by atoms with E-state index in [1.807, 2.05) is 6.92 Å². The van der Waals surface area contributed by atoms with Crippen LogP contribution in [0.4, 0.5) is 0 Å². The molecule has 108 valence electrons. The van der Waals surface area contributed by atoms with E-state index >= 15 is 0 Å². The number of Topliss-reactive ketones (excluding diaryl/α,β-unsaturated/α-hetero) is 1. The molecule has 0 aromatic rings. The van der Waals surface area contributed by atoms with E-state index in [0.29, 0.717) is 19.6 Å². The Labute approximate surface area is 112 Å². The molecule has 0 aliphatic heterocycles. The summed E-state index contributed by atoms with van der Waals surface area (Å²) in [6.07, 6.45) is 1.16. The lowest BCUT2D eigenvalue weighted by molar-refractivity contribution is -0.147. The van der Waals surface area contributed by atoms with E-state index in [-0.39, 0.29) is 25.4 Å². The lowest BCUT2D eigenvalue weighted by Crippen LogP contribution is -2.22. The van der Waals surface area contributed by atoms with Gasteiger partial charge in [0.2, 0.25) is 0 Å². The van der Waals surface area contributed by atoms with Gasteiger partial charge >= 0.3 is 5.97 Å². The number of carbonyl (C=O) groups is 2. The number of rotatable bonds is 11. The summed E-state index contributed by atoms with van der Waals surface area (Å²) in [5, 5.41) is 3.34. The zero-order valence-electron chi connectivity index (χ0n) is 11.5. The summed E-state index contributed by atoms with van der Waals surface area (Å²) in [5.74, 6) is -1.17. The van der Waals surface area contributed by atoms with Gasteiger partial charge in [0.25, 0.3) is 0 Å². The molecule has 0 bridgehead atoms. The van der Waals surface area contributed by atoms with Gasteiger partial charge in [0, 0.05) is 30.4 Å². The molecule has 0 aromatic heterocycles. The highest BCUT2D eigenvalue weighted by Gasteiger charge is 2.20. The van der Waals surface area contributed by atoms with Crippen LogP contribution in [0.1, 0.15) is 33.1 Å². The Balaban J connectivity index is 4.01. The minimum atomic E-state index is -0.593. The summed E-state index contributed by atoms with van der Waals surface area (Å²) in [6, 6.07) is 0. The maximum Gasteiger partial charge on any atom is 0.306 e. The third-order valence-electron chi connectivity index (χ3n) is 2.42. The molecule has 0 radical (unpaired) electrons. The van der Waals surface area contributed by atoms with Gasteiger partial charge < -0.3 is 9.47 Å². The van der Waals surface area contributed by atoms with Crippen LogP contribution in [0.3, 0.4) is 0 Å². The Bertz CT molecular complexity index is 327. The van der Waals surface area contributed by atoms with E-state index in [9.17, 15) is 9.59 Å². The quantitative estimate of drug-likeness (QED) is 0.189. The molecule has 7 nitrogen and oxygen atoms in total. The van der Waals surface area contributed by atoms with E-state index in [2.05, 4.69) is 10.0 Å². The normalized spacial score (nSPS) is 11.5. The first-order chi connectivity index (χ1) is 9.15. The van der Waals surface area contributed by atoms with Crippen LogP contribution in [0.25, 0.3) is 10.4 Å². The molecule has 1 unspecified atom stereocenters. The number of esters is 1. The van der Waals surface area contributed by atoms with Gasteiger partial charge in [0.1, 0.15) is 12.4 Å². The predicted molar refractivity (Wildman–Crippen MR) is 69.5 cm³/mol. The Morgan fingerprint density at radius 1 is 1.26 bits per heavy atom. The minimum Gasteiger partial charge on any atom is -0.463 e. The number of nitrogens with zero attached hydrogens (tertiary/aromatic N) is 3. The van der Waals surface area contributed by atoms with Crippen molar-refractivity contribution in [2.45, 2.75) is 33.1 Å². The molecular formula is C12H21N3O4. The first-order valence-corrected chi connectivity index (χ1v) is 6.42. The van der Waals surface area contributed by atoms with Gasteiger partial charge in [0.15, 0.2) is 0 Å². The average Bonchev–Trinajstić information content (AvgIpc) is 2.42. The molecule has 1 atom stereocenters. The fourth-order valence-corrected chi connectivity index (χ4v) is 1.42. The van der Waals surface area contributed by atoms with Crippen molar-refractivity contribution >= 4 is 11.8 Å². The van der Waals surface area contributed by atoms with E-state index in [1.165, 1.54) is 0 Å². The molecular weight excluding hydrogens is 250 g/mol. The number of hydrogen-bond acceptors (Lipinski definition) is 5. The van der Waals surface area contributed by atoms with Crippen LogP contribution in [0.15, 0.2) is 5.11 Å². The smallest absolute Gasteiger partial charge is 0.306 e. The third kappa shape index (κ3) is 9.04. The summed E-state index contributed by atoms with van der Waals surface area (Å²) in [4.78, 5) is 25.7. The van der Waals surface area contributed by atoms with Crippen LogP contribution in [0.2, 0.25) is 0 Å². The zero-order valence-corrected chi connectivity index (χ0v) is 11.5. The number of ketones is 1. The topological polar surface area (TPSA) is 101 Å². The number of azide groups is 1. The number of ether oxygens (including phenoxy) is 2. The molecule has 0 fully saturated rings. The Morgan fingerprint density at radius 3 is 2.58 bits per heavy atom. The second-order valence-corrected chi connectivity index (χ2v) is 3.97. The SMILES string of the molecule is CCCOCCOC(=O)CC(CN=[N+]=[N-])C(=O)CC. The molecule has 7 heteroatoms. The second-order valence-electron chi connectivity index (χ2n) is 3.97. The Kier molecular flexibility index (Phi) is 10.5. The van der Waals surface area contributed by atoms with Crippen molar-refractivity contribution < 1.29 is 19.1 Å². The maximum atomic E-state index is 11.6. The standard InChI is InChI=1S/C12H21N3O4/c1-3-5-18-6-7-19-12(17)8-10(9-14-15-13)11(16)4-2/h10H,3-9H2,1-2H3. The highest BCUT2D eigenvalue weighted by atomic mass is 16.6. The monoisotopic (exact) mass is 271 g/mol. The van der Waals surface area contributed by atoms with Gasteiger partial charge in [-0.2, -0.15) is 0 Å². The molecule has 0 aromatic carbocycles. The molecule has 0 rings (SSSR count). The molecule has 0 amide bonds. The van der Waals surface area contributed by atoms with Crippen LogP contribution < -0.4 is 0 Å². The van der Waals surface area contributed by atoms with Crippen LogP contribution >= 0.6 is 0 Å². The lowest BCUT2D eigenvalue weighted by Gasteiger charge is -2.11. The van der Waals surface area contributed by atoms with Gasteiger partial charge in [-0.25, -0.2) is 0 Å². The van der Waals surface area contributed by atoms with Gasteiger partial charge in [-0.15, -0.1) is 0 Å². The van der Waals surface area contributed by atoms with Crippen LogP contribution in [-0.4, -0.2) is 38.1 Å². The fourth-order valence-electron chi connectivity index (χ4n) is 1.42. The summed E-state index contributed by atoms with van der Waals surface area (Å²) >= 11 is 0. The van der Waals surface area contributed by atoms with Crippen molar-refractivity contribution in [1.29, 1.82) is 0 Å². The predicted octanol–water partition coefficient (Wildman–Crippen LogP) is 2.25. The lowest BCUT2D eigenvalue weighted by atomic mass is 9.99. The Morgan fingerprint density at radius 2 is 2.00 bits per heavy atom. The Hall–Kier alpha value is -1.59. The van der Waals surface area contributed by atoms with Crippen molar-refractivity contribution in [2.24, 2.45) is 11.0 Å². The molecule has 19 heavy (non-hydrogen) atoms. The van der Waals surface area contributed by atoms with Crippen molar-refractivity contribution in [1.82, 2.24) is 0 Å². The summed E-state index contributed by atoms with van der Waals surface area (Å²) in [6.45, 7) is 4.84. The second kappa shape index (κ2) is 11.5. The van der Waals surface area contributed by atoms with E-state index in [1.54, 1.807) is 6.92 Å². The van der Waals surface area contributed by atoms with E-state index < -0.39 is 11.9 Å². The zero-order chi connectivity index (χ0) is 14.5. The van der Waals surface area contributed by atoms with Crippen molar-refractivity contribution in [3.63, 3.8) is 0 Å². The van der Waals surface area contributed by atoms with E-state index in [0.717, 1.165) is 6.42 Å². The van der Waals surface area contributed by atoms with Crippen LogP contribution in [0, 0.1) is 5.92 Å². The maximum absolute atomic E-state index is 11.6.